The van der Waals surface area contributed by atoms with Gasteiger partial charge in [-0.15, -0.1) is 0 Å². The molecule has 0 aromatic heterocycles. The highest BCUT2D eigenvalue weighted by molar-refractivity contribution is 5.92. The van der Waals surface area contributed by atoms with Gasteiger partial charge in [0.05, 0.1) is 12.0 Å². The molecule has 27 heavy (non-hydrogen) atoms. The molecule has 0 spiro atoms. The summed E-state index contributed by atoms with van der Waals surface area (Å²) in [5.41, 5.74) is 0.831. The summed E-state index contributed by atoms with van der Waals surface area (Å²) in [6, 6.07) is 9.40. The molecule has 2 atom stereocenters. The van der Waals surface area contributed by atoms with Crippen molar-refractivity contribution in [1.82, 2.24) is 10.2 Å². The Bertz CT molecular complexity index is 613. The zero-order valence-corrected chi connectivity index (χ0v) is 16.5. The van der Waals surface area contributed by atoms with E-state index in [9.17, 15) is 9.59 Å². The SMILES string of the molecule is CC(C(=O)NCC1CCCCC1)N1CCCC(C(=O)Nc2ccccc2)C1. The molecule has 1 aliphatic carbocycles. The third-order valence-corrected chi connectivity index (χ3v) is 6.08. The zero-order chi connectivity index (χ0) is 19.1. The van der Waals surface area contributed by atoms with Crippen LogP contribution in [0.15, 0.2) is 30.3 Å². The summed E-state index contributed by atoms with van der Waals surface area (Å²) in [5.74, 6) is 0.735. The van der Waals surface area contributed by atoms with Gasteiger partial charge in [0.15, 0.2) is 0 Å². The van der Waals surface area contributed by atoms with Crippen LogP contribution in [0.25, 0.3) is 0 Å². The van der Waals surface area contributed by atoms with E-state index in [-0.39, 0.29) is 23.8 Å². The third-order valence-electron chi connectivity index (χ3n) is 6.08. The summed E-state index contributed by atoms with van der Waals surface area (Å²) in [6.07, 6.45) is 8.22. The van der Waals surface area contributed by atoms with E-state index in [1.54, 1.807) is 0 Å². The Hall–Kier alpha value is -1.88. The highest BCUT2D eigenvalue weighted by Gasteiger charge is 2.31. The van der Waals surface area contributed by atoms with Gasteiger partial charge in [-0.1, -0.05) is 37.5 Å². The number of nitrogens with zero attached hydrogens (tertiary/aromatic N) is 1. The van der Waals surface area contributed by atoms with Crippen LogP contribution in [0.4, 0.5) is 5.69 Å². The normalized spacial score (nSPS) is 22.8. The number of anilines is 1. The van der Waals surface area contributed by atoms with Crippen LogP contribution in [0.5, 0.6) is 0 Å². The average Bonchev–Trinajstić information content (AvgIpc) is 2.73. The average molecular weight is 372 g/mol. The lowest BCUT2D eigenvalue weighted by Crippen LogP contribution is -2.51. The first-order chi connectivity index (χ1) is 13.1. The van der Waals surface area contributed by atoms with Crippen LogP contribution in [0.1, 0.15) is 51.9 Å². The van der Waals surface area contributed by atoms with E-state index in [4.69, 9.17) is 0 Å². The molecule has 1 aromatic rings. The molecule has 5 heteroatoms. The molecule has 3 rings (SSSR count). The molecular formula is C22H33N3O2. The van der Waals surface area contributed by atoms with Gasteiger partial charge in [-0.3, -0.25) is 14.5 Å². The van der Waals surface area contributed by atoms with Gasteiger partial charge in [0.2, 0.25) is 11.8 Å². The summed E-state index contributed by atoms with van der Waals surface area (Å²) < 4.78 is 0. The maximum atomic E-state index is 12.6. The van der Waals surface area contributed by atoms with Gasteiger partial charge in [0.1, 0.15) is 0 Å². The zero-order valence-electron chi connectivity index (χ0n) is 16.5. The van der Waals surface area contributed by atoms with Crippen LogP contribution >= 0.6 is 0 Å². The Morgan fingerprint density at radius 3 is 2.56 bits per heavy atom. The van der Waals surface area contributed by atoms with Gasteiger partial charge in [0, 0.05) is 18.8 Å². The number of nitrogens with one attached hydrogen (secondary N) is 2. The van der Waals surface area contributed by atoms with Gasteiger partial charge in [-0.25, -0.2) is 0 Å². The van der Waals surface area contributed by atoms with E-state index in [0.29, 0.717) is 12.5 Å². The number of hydrogen-bond donors (Lipinski definition) is 2. The number of benzene rings is 1. The Morgan fingerprint density at radius 2 is 1.81 bits per heavy atom. The van der Waals surface area contributed by atoms with Gasteiger partial charge >= 0.3 is 0 Å². The molecular weight excluding hydrogens is 338 g/mol. The predicted octanol–water partition coefficient (Wildman–Crippen LogP) is 3.42. The van der Waals surface area contributed by atoms with Crippen molar-refractivity contribution in [1.29, 1.82) is 0 Å². The number of carbonyl (C=O) groups is 2. The lowest BCUT2D eigenvalue weighted by atomic mass is 9.89. The number of piperidine rings is 1. The lowest BCUT2D eigenvalue weighted by Gasteiger charge is -2.35. The topological polar surface area (TPSA) is 61.4 Å². The van der Waals surface area contributed by atoms with Crippen LogP contribution in [0, 0.1) is 11.8 Å². The van der Waals surface area contributed by atoms with E-state index in [1.165, 1.54) is 32.1 Å². The number of rotatable bonds is 6. The van der Waals surface area contributed by atoms with Crippen molar-refractivity contribution in [2.24, 2.45) is 11.8 Å². The van der Waals surface area contributed by atoms with Crippen molar-refractivity contribution in [3.8, 4) is 0 Å². The molecule has 2 unspecified atom stereocenters. The molecule has 148 valence electrons. The monoisotopic (exact) mass is 371 g/mol. The Morgan fingerprint density at radius 1 is 1.07 bits per heavy atom. The molecule has 5 nitrogen and oxygen atoms in total. The van der Waals surface area contributed by atoms with Gasteiger partial charge < -0.3 is 10.6 Å². The van der Waals surface area contributed by atoms with Crippen molar-refractivity contribution < 1.29 is 9.59 Å². The minimum Gasteiger partial charge on any atom is -0.354 e. The fourth-order valence-corrected chi connectivity index (χ4v) is 4.29. The van der Waals surface area contributed by atoms with Crippen molar-refractivity contribution in [2.75, 3.05) is 25.0 Å². The standard InChI is InChI=1S/C22H33N3O2/c1-17(21(26)23-15-18-9-4-2-5-10-18)25-14-8-11-19(16-25)22(27)24-20-12-6-3-7-13-20/h3,6-7,12-13,17-19H,2,4-5,8-11,14-16H2,1H3,(H,23,26)(H,24,27). The molecule has 0 radical (unpaired) electrons. The van der Waals surface area contributed by atoms with E-state index in [2.05, 4.69) is 15.5 Å². The van der Waals surface area contributed by atoms with Gasteiger partial charge in [0.25, 0.3) is 0 Å². The molecule has 1 saturated heterocycles. The van der Waals surface area contributed by atoms with Crippen LogP contribution in [-0.4, -0.2) is 42.4 Å². The highest BCUT2D eigenvalue weighted by atomic mass is 16.2. The van der Waals surface area contributed by atoms with E-state index in [0.717, 1.165) is 31.6 Å². The quantitative estimate of drug-likeness (QED) is 0.805. The summed E-state index contributed by atoms with van der Waals surface area (Å²) in [6.45, 7) is 4.30. The molecule has 2 amide bonds. The molecule has 1 aromatic carbocycles. The second-order valence-corrected chi connectivity index (χ2v) is 8.11. The van der Waals surface area contributed by atoms with E-state index >= 15 is 0 Å². The largest absolute Gasteiger partial charge is 0.354 e. The minimum absolute atomic E-state index is 0.0562. The van der Waals surface area contributed by atoms with Crippen molar-refractivity contribution in [2.45, 2.75) is 57.9 Å². The van der Waals surface area contributed by atoms with Gasteiger partial charge in [-0.05, 0) is 57.2 Å². The Kier molecular flexibility index (Phi) is 7.27. The van der Waals surface area contributed by atoms with Crippen LogP contribution < -0.4 is 10.6 Å². The minimum atomic E-state index is -0.180. The summed E-state index contributed by atoms with van der Waals surface area (Å²) in [7, 11) is 0. The van der Waals surface area contributed by atoms with Crippen molar-refractivity contribution >= 4 is 17.5 Å². The van der Waals surface area contributed by atoms with Crippen LogP contribution in [0.3, 0.4) is 0 Å². The van der Waals surface area contributed by atoms with Crippen LogP contribution in [-0.2, 0) is 9.59 Å². The molecule has 2 N–H and O–H groups in total. The molecule has 1 aliphatic heterocycles. The molecule has 1 saturated carbocycles. The van der Waals surface area contributed by atoms with E-state index in [1.807, 2.05) is 37.3 Å². The molecule has 0 bridgehead atoms. The summed E-state index contributed by atoms with van der Waals surface area (Å²) >= 11 is 0. The Balaban J connectivity index is 1.47. The molecule has 2 fully saturated rings. The number of carbonyl (C=O) groups excluding carboxylic acids is 2. The maximum Gasteiger partial charge on any atom is 0.237 e. The number of hydrogen-bond acceptors (Lipinski definition) is 3. The van der Waals surface area contributed by atoms with Gasteiger partial charge in [-0.2, -0.15) is 0 Å². The fourth-order valence-electron chi connectivity index (χ4n) is 4.29. The number of para-hydroxylation sites is 1. The second-order valence-electron chi connectivity index (χ2n) is 8.11. The predicted molar refractivity (Wildman–Crippen MR) is 108 cm³/mol. The first-order valence-corrected chi connectivity index (χ1v) is 10.5. The van der Waals surface area contributed by atoms with Crippen molar-refractivity contribution in [3.63, 3.8) is 0 Å². The summed E-state index contributed by atoms with van der Waals surface area (Å²) in [5, 5.41) is 6.15. The molecule has 2 aliphatic rings. The highest BCUT2D eigenvalue weighted by Crippen LogP contribution is 2.23. The molecule has 1 heterocycles. The third kappa shape index (κ3) is 5.80. The summed E-state index contributed by atoms with van der Waals surface area (Å²) in [4.78, 5) is 27.4. The number of amides is 2. The van der Waals surface area contributed by atoms with Crippen molar-refractivity contribution in [3.05, 3.63) is 30.3 Å². The Labute approximate surface area is 162 Å². The van der Waals surface area contributed by atoms with Crippen LogP contribution in [0.2, 0.25) is 0 Å². The second kappa shape index (κ2) is 9.88. The maximum absolute atomic E-state index is 12.6. The number of likely N-dealkylation sites (tertiary alicyclic amines) is 1. The first-order valence-electron chi connectivity index (χ1n) is 10.5. The van der Waals surface area contributed by atoms with E-state index < -0.39 is 0 Å². The fraction of sp³-hybridized carbons (Fsp3) is 0.636. The first kappa shape index (κ1) is 19.9. The smallest absolute Gasteiger partial charge is 0.237 e. The lowest BCUT2D eigenvalue weighted by molar-refractivity contribution is -0.129.